The third kappa shape index (κ3) is 3.62. The highest BCUT2D eigenvalue weighted by molar-refractivity contribution is 7.96. The number of H-pyrrole nitrogens is 1. The number of benzene rings is 1. The molecule has 4 aromatic rings. The number of aromatic amines is 1. The van der Waals surface area contributed by atoms with Gasteiger partial charge in [0.05, 0.1) is 27.8 Å². The number of nitrogens with one attached hydrogen (secondary N) is 1. The number of pyridine rings is 2. The van der Waals surface area contributed by atoms with Crippen LogP contribution in [0.2, 0.25) is 0 Å². The molecule has 0 radical (unpaired) electrons. The number of fused-ring (bicyclic) bond motifs is 3. The van der Waals surface area contributed by atoms with Crippen LogP contribution in [0.25, 0.3) is 33.2 Å². The lowest BCUT2D eigenvalue weighted by molar-refractivity contribution is 0.100. The van der Waals surface area contributed by atoms with Gasteiger partial charge < -0.3 is 15.6 Å². The molecule has 0 atom stereocenters. The minimum atomic E-state index is -0.478. The fraction of sp³-hybridized carbons (Fsp3) is 0.261. The van der Waals surface area contributed by atoms with Gasteiger partial charge in [-0.05, 0) is 49.6 Å². The molecule has 1 aliphatic heterocycles. The minimum Gasteiger partial charge on any atom is -0.369 e. The molecule has 1 fully saturated rings. The Morgan fingerprint density at radius 2 is 1.94 bits per heavy atom. The Bertz CT molecular complexity index is 1270. The molecule has 0 bridgehead atoms. The summed E-state index contributed by atoms with van der Waals surface area (Å²) in [5.41, 5.74) is 12.2. The summed E-state index contributed by atoms with van der Waals surface area (Å²) in [5, 5.41) is 0.978. The molecule has 0 saturated carbocycles. The van der Waals surface area contributed by atoms with E-state index in [1.54, 1.807) is 24.2 Å². The van der Waals surface area contributed by atoms with Crippen LogP contribution in [0.1, 0.15) is 16.1 Å². The van der Waals surface area contributed by atoms with Gasteiger partial charge in [0.1, 0.15) is 0 Å². The molecule has 1 aromatic carbocycles. The van der Waals surface area contributed by atoms with Crippen LogP contribution in [0, 0.1) is 6.92 Å². The van der Waals surface area contributed by atoms with Crippen molar-refractivity contribution in [3.05, 3.63) is 53.9 Å². The fourth-order valence-electron chi connectivity index (χ4n) is 4.13. The molecule has 5 rings (SSSR count). The Morgan fingerprint density at radius 1 is 1.13 bits per heavy atom. The van der Waals surface area contributed by atoms with Crippen molar-refractivity contribution in [1.82, 2.24) is 19.3 Å². The summed E-state index contributed by atoms with van der Waals surface area (Å²) in [4.78, 5) is 27.3. The number of carbonyl (C=O) groups is 1. The summed E-state index contributed by atoms with van der Waals surface area (Å²) in [6.45, 7) is 5.98. The maximum Gasteiger partial charge on any atom is 0.250 e. The molecule has 3 aromatic heterocycles. The predicted molar refractivity (Wildman–Crippen MR) is 127 cm³/mol. The van der Waals surface area contributed by atoms with Crippen LogP contribution in [0.5, 0.6) is 0 Å². The number of carbonyl (C=O) groups excluding carboxylic acids is 1. The van der Waals surface area contributed by atoms with Crippen molar-refractivity contribution in [2.45, 2.75) is 6.92 Å². The zero-order chi connectivity index (χ0) is 21.5. The monoisotopic (exact) mass is 432 g/mol. The van der Waals surface area contributed by atoms with Crippen LogP contribution in [-0.4, -0.2) is 57.6 Å². The number of amides is 1. The van der Waals surface area contributed by atoms with E-state index in [1.807, 2.05) is 19.1 Å². The van der Waals surface area contributed by atoms with Gasteiger partial charge in [-0.2, -0.15) is 0 Å². The van der Waals surface area contributed by atoms with E-state index in [2.05, 4.69) is 43.6 Å². The molecule has 1 saturated heterocycles. The zero-order valence-electron chi connectivity index (χ0n) is 17.6. The second kappa shape index (κ2) is 7.86. The number of hydrogen-bond acceptors (Lipinski definition) is 6. The lowest BCUT2D eigenvalue weighted by Gasteiger charge is -2.34. The molecule has 0 aliphatic carbocycles. The Labute approximate surface area is 184 Å². The number of hydrogen-bond donors (Lipinski definition) is 2. The number of piperazine rings is 1. The Hall–Kier alpha value is -3.10. The summed E-state index contributed by atoms with van der Waals surface area (Å²) in [6.07, 6.45) is 3.89. The zero-order valence-corrected chi connectivity index (χ0v) is 18.4. The molecule has 31 heavy (non-hydrogen) atoms. The highest BCUT2D eigenvalue weighted by Crippen LogP contribution is 2.32. The van der Waals surface area contributed by atoms with E-state index in [-0.39, 0.29) is 0 Å². The molecular formula is C23H24N6OS. The van der Waals surface area contributed by atoms with E-state index in [0.29, 0.717) is 16.8 Å². The van der Waals surface area contributed by atoms with Crippen molar-refractivity contribution in [2.75, 3.05) is 37.3 Å². The first-order chi connectivity index (χ1) is 15.0. The summed E-state index contributed by atoms with van der Waals surface area (Å²) >= 11 is 1.80. The first-order valence-electron chi connectivity index (χ1n) is 10.3. The number of aryl methyl sites for hydroxylation is 1. The normalized spacial score (nSPS) is 15.1. The van der Waals surface area contributed by atoms with Gasteiger partial charge in [-0.1, -0.05) is 11.9 Å². The van der Waals surface area contributed by atoms with Gasteiger partial charge in [0.15, 0.2) is 0 Å². The van der Waals surface area contributed by atoms with Crippen LogP contribution >= 0.6 is 11.9 Å². The van der Waals surface area contributed by atoms with Crippen molar-refractivity contribution >= 4 is 45.5 Å². The first-order valence-corrected chi connectivity index (χ1v) is 11.4. The van der Waals surface area contributed by atoms with Gasteiger partial charge in [-0.25, -0.2) is 9.29 Å². The van der Waals surface area contributed by atoms with Gasteiger partial charge in [0.2, 0.25) is 0 Å². The van der Waals surface area contributed by atoms with Gasteiger partial charge in [-0.15, -0.1) is 0 Å². The smallest absolute Gasteiger partial charge is 0.250 e. The van der Waals surface area contributed by atoms with E-state index in [0.717, 1.165) is 53.9 Å². The quantitative estimate of drug-likeness (QED) is 0.479. The third-order valence-corrected chi connectivity index (χ3v) is 6.75. The van der Waals surface area contributed by atoms with E-state index < -0.39 is 5.91 Å². The molecule has 8 heteroatoms. The second-order valence-electron chi connectivity index (χ2n) is 7.78. The lowest BCUT2D eigenvalue weighted by atomic mass is 10.1. The molecule has 4 heterocycles. The Morgan fingerprint density at radius 3 is 2.61 bits per heavy atom. The van der Waals surface area contributed by atoms with Gasteiger partial charge in [-0.3, -0.25) is 9.78 Å². The largest absolute Gasteiger partial charge is 0.369 e. The summed E-state index contributed by atoms with van der Waals surface area (Å²) in [5.74, 6) is -0.478. The van der Waals surface area contributed by atoms with E-state index >= 15 is 0 Å². The van der Waals surface area contributed by atoms with Crippen LogP contribution < -0.4 is 10.6 Å². The number of anilines is 1. The maximum absolute atomic E-state index is 12.2. The number of primary amides is 1. The lowest BCUT2D eigenvalue weighted by Crippen LogP contribution is -2.43. The molecule has 7 nitrogen and oxygen atoms in total. The van der Waals surface area contributed by atoms with Gasteiger partial charge >= 0.3 is 0 Å². The molecule has 1 aliphatic rings. The van der Waals surface area contributed by atoms with Crippen molar-refractivity contribution in [3.63, 3.8) is 0 Å². The molecule has 0 unspecified atom stereocenters. The number of nitrogens with zero attached hydrogens (tertiary/aromatic N) is 4. The van der Waals surface area contributed by atoms with E-state index in [1.165, 1.54) is 5.69 Å². The van der Waals surface area contributed by atoms with Crippen LogP contribution in [0.4, 0.5) is 5.69 Å². The highest BCUT2D eigenvalue weighted by Gasteiger charge is 2.19. The second-order valence-corrected chi connectivity index (χ2v) is 8.67. The Kier molecular flexibility index (Phi) is 5.03. The molecular weight excluding hydrogens is 408 g/mol. The maximum atomic E-state index is 12.2. The van der Waals surface area contributed by atoms with Gasteiger partial charge in [0.25, 0.3) is 5.91 Å². The molecule has 1 amide bonds. The average Bonchev–Trinajstić information content (AvgIpc) is 3.16. The standard InChI is InChI=1S/C23H24N6OS/c1-14-3-4-15(13-25-14)19-12-18(23(24)30)22-21(26-19)17-6-5-16(11-20(17)27-22)28-7-9-29(31-2)10-8-28/h3-6,11-13,27H,7-10H2,1-2H3,(H2,24,30). The molecule has 158 valence electrons. The SMILES string of the molecule is CSN1CCN(c2ccc3c(c2)[nH]c2c(C(N)=O)cc(-c4ccc(C)nc4)nc23)CC1. The van der Waals surface area contributed by atoms with Crippen molar-refractivity contribution in [2.24, 2.45) is 5.73 Å². The summed E-state index contributed by atoms with van der Waals surface area (Å²) in [7, 11) is 0. The highest BCUT2D eigenvalue weighted by atomic mass is 32.2. The minimum absolute atomic E-state index is 0.437. The summed E-state index contributed by atoms with van der Waals surface area (Å²) in [6, 6.07) is 12.0. The molecule has 3 N–H and O–H groups in total. The van der Waals surface area contributed by atoms with Crippen LogP contribution in [0.15, 0.2) is 42.6 Å². The topological polar surface area (TPSA) is 91.1 Å². The number of aromatic nitrogens is 3. The van der Waals surface area contributed by atoms with E-state index in [4.69, 9.17) is 10.7 Å². The van der Waals surface area contributed by atoms with Gasteiger partial charge in [0, 0.05) is 54.7 Å². The summed E-state index contributed by atoms with van der Waals surface area (Å²) < 4.78 is 2.38. The fourth-order valence-corrected chi connectivity index (χ4v) is 4.66. The van der Waals surface area contributed by atoms with Crippen LogP contribution in [-0.2, 0) is 0 Å². The van der Waals surface area contributed by atoms with Crippen molar-refractivity contribution < 1.29 is 4.79 Å². The van der Waals surface area contributed by atoms with Crippen molar-refractivity contribution in [1.29, 1.82) is 0 Å². The number of nitrogens with two attached hydrogens (primary N) is 1. The average molecular weight is 433 g/mol. The first kappa shape index (κ1) is 19.8. The van der Waals surface area contributed by atoms with Crippen LogP contribution in [0.3, 0.4) is 0 Å². The third-order valence-electron chi connectivity index (χ3n) is 5.87. The molecule has 0 spiro atoms. The predicted octanol–water partition coefficient (Wildman–Crippen LogP) is 3.59. The van der Waals surface area contributed by atoms with E-state index in [9.17, 15) is 4.79 Å². The number of rotatable bonds is 4. The Balaban J connectivity index is 1.61. The van der Waals surface area contributed by atoms with Crippen molar-refractivity contribution in [3.8, 4) is 11.3 Å².